The van der Waals surface area contributed by atoms with Crippen LogP contribution in [0.3, 0.4) is 0 Å². The molecule has 112 valence electrons. The molecule has 2 rings (SSSR count). The topological polar surface area (TPSA) is 37.8 Å². The third-order valence-electron chi connectivity index (χ3n) is 3.55. The Labute approximate surface area is 135 Å². The van der Waals surface area contributed by atoms with Crippen LogP contribution in [0.4, 0.5) is 0 Å². The lowest BCUT2D eigenvalue weighted by Gasteiger charge is -2.11. The summed E-state index contributed by atoms with van der Waals surface area (Å²) in [5, 5.41) is 3.35. The minimum absolute atomic E-state index is 0.813. The van der Waals surface area contributed by atoms with Gasteiger partial charge in [-0.25, -0.2) is 9.97 Å². The standard InChI is InChI=1S/C17H22BrN3/c1-4-19-11-5-6-16-12(2)20-17(21-13(16)3)14-7-9-15(18)10-8-14/h7-10,19H,4-6,11H2,1-3H3. The number of nitrogens with one attached hydrogen (secondary N) is 1. The molecular formula is C17H22BrN3. The molecule has 0 fully saturated rings. The van der Waals surface area contributed by atoms with E-state index >= 15 is 0 Å². The van der Waals surface area contributed by atoms with Gasteiger partial charge in [0.2, 0.25) is 0 Å². The van der Waals surface area contributed by atoms with Crippen molar-refractivity contribution in [3.05, 3.63) is 45.7 Å². The van der Waals surface area contributed by atoms with Gasteiger partial charge in [-0.15, -0.1) is 0 Å². The van der Waals surface area contributed by atoms with Crippen LogP contribution >= 0.6 is 15.9 Å². The molecule has 1 aromatic heterocycles. The van der Waals surface area contributed by atoms with Gasteiger partial charge < -0.3 is 5.32 Å². The van der Waals surface area contributed by atoms with Gasteiger partial charge in [-0.2, -0.15) is 0 Å². The zero-order valence-corrected chi connectivity index (χ0v) is 14.5. The van der Waals surface area contributed by atoms with Crippen molar-refractivity contribution in [2.45, 2.75) is 33.6 Å². The van der Waals surface area contributed by atoms with Gasteiger partial charge in [0.1, 0.15) is 0 Å². The average Bonchev–Trinajstić information content (AvgIpc) is 2.46. The molecule has 4 heteroatoms. The van der Waals surface area contributed by atoms with Crippen LogP contribution in [0.15, 0.2) is 28.7 Å². The zero-order valence-electron chi connectivity index (χ0n) is 12.9. The molecule has 1 aromatic carbocycles. The van der Waals surface area contributed by atoms with Crippen LogP contribution in [0.1, 0.15) is 30.3 Å². The number of halogens is 1. The molecule has 0 bridgehead atoms. The van der Waals surface area contributed by atoms with E-state index in [0.717, 1.165) is 53.2 Å². The lowest BCUT2D eigenvalue weighted by atomic mass is 10.1. The fourth-order valence-corrected chi connectivity index (χ4v) is 2.66. The summed E-state index contributed by atoms with van der Waals surface area (Å²) >= 11 is 3.45. The summed E-state index contributed by atoms with van der Waals surface area (Å²) in [6.07, 6.45) is 2.15. The minimum atomic E-state index is 0.813. The van der Waals surface area contributed by atoms with Gasteiger partial charge in [0, 0.05) is 21.4 Å². The van der Waals surface area contributed by atoms with Crippen molar-refractivity contribution >= 4 is 15.9 Å². The van der Waals surface area contributed by atoms with E-state index < -0.39 is 0 Å². The Kier molecular flexibility index (Phi) is 5.88. The van der Waals surface area contributed by atoms with E-state index in [0.29, 0.717) is 0 Å². The number of nitrogens with zero attached hydrogens (tertiary/aromatic N) is 2. The van der Waals surface area contributed by atoms with Gasteiger partial charge in [0.25, 0.3) is 0 Å². The lowest BCUT2D eigenvalue weighted by molar-refractivity contribution is 0.667. The highest BCUT2D eigenvalue weighted by Crippen LogP contribution is 2.21. The van der Waals surface area contributed by atoms with E-state index in [-0.39, 0.29) is 0 Å². The van der Waals surface area contributed by atoms with Gasteiger partial charge in [-0.3, -0.25) is 0 Å². The van der Waals surface area contributed by atoms with Crippen molar-refractivity contribution in [3.8, 4) is 11.4 Å². The summed E-state index contributed by atoms with van der Waals surface area (Å²) in [7, 11) is 0. The van der Waals surface area contributed by atoms with Crippen LogP contribution in [-0.4, -0.2) is 23.1 Å². The molecule has 0 amide bonds. The van der Waals surface area contributed by atoms with E-state index in [1.54, 1.807) is 0 Å². The molecule has 0 unspecified atom stereocenters. The summed E-state index contributed by atoms with van der Waals surface area (Å²) in [5.74, 6) is 0.813. The Bertz CT molecular complexity index is 570. The summed E-state index contributed by atoms with van der Waals surface area (Å²) in [4.78, 5) is 9.37. The second kappa shape index (κ2) is 7.66. The highest BCUT2D eigenvalue weighted by atomic mass is 79.9. The first kappa shape index (κ1) is 16.1. The van der Waals surface area contributed by atoms with Crippen LogP contribution in [0, 0.1) is 13.8 Å². The van der Waals surface area contributed by atoms with E-state index in [1.165, 1.54) is 5.56 Å². The molecule has 0 spiro atoms. The lowest BCUT2D eigenvalue weighted by Crippen LogP contribution is -2.15. The summed E-state index contributed by atoms with van der Waals surface area (Å²) in [6, 6.07) is 8.13. The van der Waals surface area contributed by atoms with Crippen molar-refractivity contribution in [1.82, 2.24) is 15.3 Å². The van der Waals surface area contributed by atoms with E-state index in [2.05, 4.69) is 52.0 Å². The molecule has 3 nitrogen and oxygen atoms in total. The third kappa shape index (κ3) is 4.35. The largest absolute Gasteiger partial charge is 0.317 e. The van der Waals surface area contributed by atoms with Crippen molar-refractivity contribution < 1.29 is 0 Å². The number of aryl methyl sites for hydroxylation is 2. The van der Waals surface area contributed by atoms with Crippen LogP contribution in [0.25, 0.3) is 11.4 Å². The quantitative estimate of drug-likeness (QED) is 0.800. The summed E-state index contributed by atoms with van der Waals surface area (Å²) in [5.41, 5.74) is 4.53. The van der Waals surface area contributed by atoms with Crippen LogP contribution in [-0.2, 0) is 6.42 Å². The maximum Gasteiger partial charge on any atom is 0.159 e. The molecule has 0 aliphatic heterocycles. The second-order valence-electron chi connectivity index (χ2n) is 5.16. The first-order valence-electron chi connectivity index (χ1n) is 7.42. The predicted octanol–water partition coefficient (Wildman–Crippen LogP) is 4.07. The first-order valence-corrected chi connectivity index (χ1v) is 8.22. The van der Waals surface area contributed by atoms with Crippen LogP contribution in [0.5, 0.6) is 0 Å². The monoisotopic (exact) mass is 347 g/mol. The van der Waals surface area contributed by atoms with E-state index in [4.69, 9.17) is 0 Å². The minimum Gasteiger partial charge on any atom is -0.317 e. The Balaban J connectivity index is 2.18. The van der Waals surface area contributed by atoms with Gasteiger partial charge in [-0.05, 0) is 57.5 Å². The molecule has 21 heavy (non-hydrogen) atoms. The number of aromatic nitrogens is 2. The SMILES string of the molecule is CCNCCCc1c(C)nc(-c2ccc(Br)cc2)nc1C. The zero-order chi connectivity index (χ0) is 15.2. The fourth-order valence-electron chi connectivity index (χ4n) is 2.40. The van der Waals surface area contributed by atoms with Gasteiger partial charge in [-0.1, -0.05) is 35.0 Å². The molecule has 1 N–H and O–H groups in total. The molecular weight excluding hydrogens is 326 g/mol. The third-order valence-corrected chi connectivity index (χ3v) is 4.08. The van der Waals surface area contributed by atoms with Crippen molar-refractivity contribution in [2.75, 3.05) is 13.1 Å². The smallest absolute Gasteiger partial charge is 0.159 e. The molecule has 0 radical (unpaired) electrons. The molecule has 0 aliphatic carbocycles. The molecule has 0 atom stereocenters. The van der Waals surface area contributed by atoms with Crippen LogP contribution in [0.2, 0.25) is 0 Å². The number of hydrogen-bond acceptors (Lipinski definition) is 3. The molecule has 0 saturated heterocycles. The number of benzene rings is 1. The molecule has 1 heterocycles. The Morgan fingerprint density at radius 3 is 2.24 bits per heavy atom. The summed E-state index contributed by atoms with van der Waals surface area (Å²) in [6.45, 7) is 8.37. The summed E-state index contributed by atoms with van der Waals surface area (Å²) < 4.78 is 1.07. The van der Waals surface area contributed by atoms with E-state index in [1.807, 2.05) is 24.3 Å². The van der Waals surface area contributed by atoms with Gasteiger partial charge in [0.15, 0.2) is 5.82 Å². The molecule has 2 aromatic rings. The molecule has 0 aliphatic rings. The molecule has 0 saturated carbocycles. The maximum atomic E-state index is 4.69. The fraction of sp³-hybridized carbons (Fsp3) is 0.412. The second-order valence-corrected chi connectivity index (χ2v) is 6.08. The van der Waals surface area contributed by atoms with Gasteiger partial charge >= 0.3 is 0 Å². The maximum absolute atomic E-state index is 4.69. The van der Waals surface area contributed by atoms with Crippen molar-refractivity contribution in [1.29, 1.82) is 0 Å². The van der Waals surface area contributed by atoms with Crippen LogP contribution < -0.4 is 5.32 Å². The Hall–Kier alpha value is -1.26. The highest BCUT2D eigenvalue weighted by Gasteiger charge is 2.09. The Morgan fingerprint density at radius 1 is 1.05 bits per heavy atom. The van der Waals surface area contributed by atoms with E-state index in [9.17, 15) is 0 Å². The number of hydrogen-bond donors (Lipinski definition) is 1. The number of rotatable bonds is 6. The van der Waals surface area contributed by atoms with Crippen molar-refractivity contribution in [3.63, 3.8) is 0 Å². The first-order chi connectivity index (χ1) is 10.1. The Morgan fingerprint density at radius 2 is 1.67 bits per heavy atom. The normalized spacial score (nSPS) is 10.9. The average molecular weight is 348 g/mol. The van der Waals surface area contributed by atoms with Crippen molar-refractivity contribution in [2.24, 2.45) is 0 Å². The predicted molar refractivity (Wildman–Crippen MR) is 91.5 cm³/mol. The highest BCUT2D eigenvalue weighted by molar-refractivity contribution is 9.10. The van der Waals surface area contributed by atoms with Gasteiger partial charge in [0.05, 0.1) is 0 Å².